The molecular formula is C11H19N. The zero-order valence-electron chi connectivity index (χ0n) is 8.05. The van der Waals surface area contributed by atoms with Gasteiger partial charge in [-0.05, 0) is 38.4 Å². The summed E-state index contributed by atoms with van der Waals surface area (Å²) in [5.74, 6) is 0. The van der Waals surface area contributed by atoms with Crippen LogP contribution in [0.4, 0.5) is 0 Å². The largest absolute Gasteiger partial charge is 0.297 e. The third-order valence-corrected chi connectivity index (χ3v) is 2.74. The van der Waals surface area contributed by atoms with Gasteiger partial charge < -0.3 is 0 Å². The van der Waals surface area contributed by atoms with Crippen molar-refractivity contribution >= 4 is 0 Å². The number of rotatable bonds is 3. The molecular weight excluding hydrogens is 146 g/mol. The summed E-state index contributed by atoms with van der Waals surface area (Å²) in [6.45, 7) is 12.4. The number of hydrogen-bond donors (Lipinski definition) is 0. The average molecular weight is 165 g/mol. The van der Waals surface area contributed by atoms with E-state index in [1.807, 2.05) is 6.08 Å². The molecule has 1 nitrogen and oxygen atoms in total. The van der Waals surface area contributed by atoms with Gasteiger partial charge in [-0.1, -0.05) is 25.7 Å². The highest BCUT2D eigenvalue weighted by molar-refractivity contribution is 5.17. The number of likely N-dealkylation sites (tertiary alicyclic amines) is 1. The smallest absolute Gasteiger partial charge is 0.0313 e. The highest BCUT2D eigenvalue weighted by Crippen LogP contribution is 2.16. The molecule has 0 aromatic rings. The van der Waals surface area contributed by atoms with E-state index in [2.05, 4.69) is 25.0 Å². The summed E-state index contributed by atoms with van der Waals surface area (Å²) in [5, 5.41) is 0. The van der Waals surface area contributed by atoms with Crippen LogP contribution in [-0.4, -0.2) is 24.0 Å². The van der Waals surface area contributed by atoms with Gasteiger partial charge in [0.2, 0.25) is 0 Å². The van der Waals surface area contributed by atoms with Gasteiger partial charge >= 0.3 is 0 Å². The Hall–Kier alpha value is -0.560. The van der Waals surface area contributed by atoms with E-state index < -0.39 is 0 Å². The molecule has 0 aromatic carbocycles. The Morgan fingerprint density at radius 1 is 1.33 bits per heavy atom. The molecule has 0 N–H and O–H groups in total. The number of piperidine rings is 1. The molecule has 0 radical (unpaired) electrons. The third-order valence-electron chi connectivity index (χ3n) is 2.74. The lowest BCUT2D eigenvalue weighted by Crippen LogP contribution is -2.37. The highest BCUT2D eigenvalue weighted by Gasteiger charge is 2.16. The summed E-state index contributed by atoms with van der Waals surface area (Å²) in [5.41, 5.74) is 1.15. The minimum Gasteiger partial charge on any atom is -0.297 e. The van der Waals surface area contributed by atoms with Gasteiger partial charge in [0.1, 0.15) is 0 Å². The van der Waals surface area contributed by atoms with Gasteiger partial charge in [-0.3, -0.25) is 4.90 Å². The lowest BCUT2D eigenvalue weighted by molar-refractivity contribution is 0.196. The molecule has 1 rings (SSSR count). The summed E-state index contributed by atoms with van der Waals surface area (Å²) in [6.07, 6.45) is 5.95. The fraction of sp³-hybridized carbons (Fsp3) is 0.636. The zero-order chi connectivity index (χ0) is 8.97. The van der Waals surface area contributed by atoms with Crippen molar-refractivity contribution < 1.29 is 0 Å². The lowest BCUT2D eigenvalue weighted by Gasteiger charge is -2.32. The molecule has 1 fully saturated rings. The average Bonchev–Trinajstić information content (AvgIpc) is 2.17. The van der Waals surface area contributed by atoms with Crippen molar-refractivity contribution in [2.75, 3.05) is 13.1 Å². The highest BCUT2D eigenvalue weighted by atomic mass is 15.2. The summed E-state index contributed by atoms with van der Waals surface area (Å²) in [4.78, 5) is 2.49. The molecule has 1 heteroatoms. The molecule has 1 saturated heterocycles. The predicted octanol–water partition coefficient (Wildman–Crippen LogP) is 2.60. The van der Waals surface area contributed by atoms with Crippen LogP contribution in [-0.2, 0) is 0 Å². The molecule has 0 spiro atoms. The maximum absolute atomic E-state index is 3.99. The molecule has 0 saturated carbocycles. The molecule has 0 aliphatic carbocycles. The second kappa shape index (κ2) is 4.46. The maximum atomic E-state index is 3.99. The first-order valence-electron chi connectivity index (χ1n) is 4.81. The third kappa shape index (κ3) is 2.21. The van der Waals surface area contributed by atoms with Gasteiger partial charge in [0.05, 0.1) is 0 Å². The Morgan fingerprint density at radius 3 is 2.42 bits per heavy atom. The fourth-order valence-electron chi connectivity index (χ4n) is 1.71. The number of hydrogen-bond acceptors (Lipinski definition) is 1. The standard InChI is InChI=1S/C11H19N/c1-4-10(2)11(3)12-8-6-5-7-9-12/h4,11H,1-2,5-9H2,3H3. The van der Waals surface area contributed by atoms with Gasteiger partial charge in [-0.25, -0.2) is 0 Å². The van der Waals surface area contributed by atoms with Crippen molar-refractivity contribution in [2.24, 2.45) is 0 Å². The van der Waals surface area contributed by atoms with Crippen LogP contribution in [0.3, 0.4) is 0 Å². The summed E-state index contributed by atoms with van der Waals surface area (Å²) in [7, 11) is 0. The van der Waals surface area contributed by atoms with E-state index in [-0.39, 0.29) is 0 Å². The van der Waals surface area contributed by atoms with Crippen molar-refractivity contribution in [3.8, 4) is 0 Å². The van der Waals surface area contributed by atoms with E-state index in [4.69, 9.17) is 0 Å². The Bertz CT molecular complexity index is 166. The van der Waals surface area contributed by atoms with Crippen LogP contribution in [0.15, 0.2) is 24.8 Å². The Balaban J connectivity index is 2.44. The predicted molar refractivity (Wildman–Crippen MR) is 54.2 cm³/mol. The molecule has 1 aliphatic rings. The Labute approximate surface area is 75.8 Å². The van der Waals surface area contributed by atoms with Gasteiger partial charge in [-0.15, -0.1) is 0 Å². The molecule has 1 aliphatic heterocycles. The van der Waals surface area contributed by atoms with Crippen molar-refractivity contribution in [3.05, 3.63) is 24.8 Å². The Kier molecular flexibility index (Phi) is 3.54. The lowest BCUT2D eigenvalue weighted by atomic mass is 10.0. The quantitative estimate of drug-likeness (QED) is 0.581. The second-order valence-electron chi connectivity index (χ2n) is 3.55. The van der Waals surface area contributed by atoms with E-state index in [0.29, 0.717) is 6.04 Å². The minimum absolute atomic E-state index is 0.489. The monoisotopic (exact) mass is 165 g/mol. The first-order chi connectivity index (χ1) is 5.75. The summed E-state index contributed by atoms with van der Waals surface area (Å²) < 4.78 is 0. The van der Waals surface area contributed by atoms with Crippen LogP contribution >= 0.6 is 0 Å². The van der Waals surface area contributed by atoms with Gasteiger partial charge in [0, 0.05) is 6.04 Å². The molecule has 0 aromatic heterocycles. The molecule has 1 unspecified atom stereocenters. The van der Waals surface area contributed by atoms with E-state index in [9.17, 15) is 0 Å². The van der Waals surface area contributed by atoms with Crippen LogP contribution in [0.1, 0.15) is 26.2 Å². The van der Waals surface area contributed by atoms with Crippen LogP contribution < -0.4 is 0 Å². The minimum atomic E-state index is 0.489. The fourth-order valence-corrected chi connectivity index (χ4v) is 1.71. The SMILES string of the molecule is C=CC(=C)C(C)N1CCCCC1. The van der Waals surface area contributed by atoms with Crippen molar-refractivity contribution in [1.29, 1.82) is 0 Å². The van der Waals surface area contributed by atoms with Gasteiger partial charge in [0.15, 0.2) is 0 Å². The summed E-state index contributed by atoms with van der Waals surface area (Å²) >= 11 is 0. The van der Waals surface area contributed by atoms with Crippen LogP contribution in [0.2, 0.25) is 0 Å². The number of nitrogens with zero attached hydrogens (tertiary/aromatic N) is 1. The topological polar surface area (TPSA) is 3.24 Å². The normalized spacial score (nSPS) is 21.8. The molecule has 68 valence electrons. The summed E-state index contributed by atoms with van der Waals surface area (Å²) in [6, 6.07) is 0.489. The van der Waals surface area contributed by atoms with Crippen LogP contribution in [0.25, 0.3) is 0 Å². The van der Waals surface area contributed by atoms with E-state index in [0.717, 1.165) is 5.57 Å². The van der Waals surface area contributed by atoms with E-state index in [1.54, 1.807) is 0 Å². The molecule has 1 heterocycles. The van der Waals surface area contributed by atoms with Crippen molar-refractivity contribution in [2.45, 2.75) is 32.2 Å². The zero-order valence-corrected chi connectivity index (χ0v) is 8.05. The first kappa shape index (κ1) is 9.53. The molecule has 0 bridgehead atoms. The van der Waals surface area contributed by atoms with Gasteiger partial charge in [-0.2, -0.15) is 0 Å². The van der Waals surface area contributed by atoms with Crippen molar-refractivity contribution in [3.63, 3.8) is 0 Å². The maximum Gasteiger partial charge on any atom is 0.0313 e. The molecule has 12 heavy (non-hydrogen) atoms. The van der Waals surface area contributed by atoms with Crippen LogP contribution in [0, 0.1) is 0 Å². The van der Waals surface area contributed by atoms with Crippen molar-refractivity contribution in [1.82, 2.24) is 4.90 Å². The van der Waals surface area contributed by atoms with Gasteiger partial charge in [0.25, 0.3) is 0 Å². The first-order valence-corrected chi connectivity index (χ1v) is 4.81. The Morgan fingerprint density at radius 2 is 1.92 bits per heavy atom. The molecule has 1 atom stereocenters. The molecule has 0 amide bonds. The second-order valence-corrected chi connectivity index (χ2v) is 3.55. The van der Waals surface area contributed by atoms with E-state index >= 15 is 0 Å². The van der Waals surface area contributed by atoms with Crippen LogP contribution in [0.5, 0.6) is 0 Å². The van der Waals surface area contributed by atoms with E-state index in [1.165, 1.54) is 32.4 Å².